The lowest BCUT2D eigenvalue weighted by atomic mass is 9.93. The fraction of sp³-hybridized carbons (Fsp3) is 0.538. The lowest BCUT2D eigenvalue weighted by molar-refractivity contribution is 0.409. The van der Waals surface area contributed by atoms with Crippen molar-refractivity contribution in [2.45, 2.75) is 39.2 Å². The van der Waals surface area contributed by atoms with Crippen LogP contribution in [0.3, 0.4) is 0 Å². The SMILES string of the molecule is Cc1cc(C)c(C2CCCCN2)cc1F. The molecule has 1 unspecified atom stereocenters. The van der Waals surface area contributed by atoms with Crippen LogP contribution in [-0.4, -0.2) is 6.54 Å². The van der Waals surface area contributed by atoms with E-state index in [0.29, 0.717) is 6.04 Å². The van der Waals surface area contributed by atoms with Crippen LogP contribution < -0.4 is 5.32 Å². The fourth-order valence-electron chi connectivity index (χ4n) is 2.33. The zero-order valence-corrected chi connectivity index (χ0v) is 9.44. The highest BCUT2D eigenvalue weighted by molar-refractivity contribution is 5.34. The molecule has 1 atom stereocenters. The van der Waals surface area contributed by atoms with Gasteiger partial charge in [0.15, 0.2) is 0 Å². The molecule has 1 N–H and O–H groups in total. The molecule has 1 aliphatic heterocycles. The van der Waals surface area contributed by atoms with Gasteiger partial charge >= 0.3 is 0 Å². The highest BCUT2D eigenvalue weighted by Crippen LogP contribution is 2.27. The van der Waals surface area contributed by atoms with Crippen molar-refractivity contribution in [3.05, 3.63) is 34.6 Å². The first-order chi connectivity index (χ1) is 7.18. The van der Waals surface area contributed by atoms with E-state index < -0.39 is 0 Å². The Balaban J connectivity index is 2.30. The van der Waals surface area contributed by atoms with E-state index in [1.807, 2.05) is 13.0 Å². The van der Waals surface area contributed by atoms with E-state index >= 15 is 0 Å². The fourth-order valence-corrected chi connectivity index (χ4v) is 2.33. The Morgan fingerprint density at radius 3 is 2.67 bits per heavy atom. The maximum absolute atomic E-state index is 13.5. The van der Waals surface area contributed by atoms with Gasteiger partial charge in [0.1, 0.15) is 5.82 Å². The van der Waals surface area contributed by atoms with Gasteiger partial charge in [0.05, 0.1) is 0 Å². The summed E-state index contributed by atoms with van der Waals surface area (Å²) in [6, 6.07) is 4.00. The zero-order chi connectivity index (χ0) is 10.8. The van der Waals surface area contributed by atoms with Gasteiger partial charge in [0.2, 0.25) is 0 Å². The Kier molecular flexibility index (Phi) is 3.06. The Hall–Kier alpha value is -0.890. The summed E-state index contributed by atoms with van der Waals surface area (Å²) >= 11 is 0. The second kappa shape index (κ2) is 4.31. The highest BCUT2D eigenvalue weighted by atomic mass is 19.1. The molecule has 0 radical (unpaired) electrons. The third-order valence-corrected chi connectivity index (χ3v) is 3.23. The standard InChI is InChI=1S/C13H18FN/c1-9-7-10(2)12(14)8-11(9)13-5-3-4-6-15-13/h7-8,13,15H,3-6H2,1-2H3. The summed E-state index contributed by atoms with van der Waals surface area (Å²) in [5.41, 5.74) is 3.08. The van der Waals surface area contributed by atoms with Crippen LogP contribution in [0.2, 0.25) is 0 Å². The average molecular weight is 207 g/mol. The summed E-state index contributed by atoms with van der Waals surface area (Å²) in [4.78, 5) is 0. The first-order valence-corrected chi connectivity index (χ1v) is 5.68. The van der Waals surface area contributed by atoms with Crippen LogP contribution in [0.15, 0.2) is 12.1 Å². The zero-order valence-electron chi connectivity index (χ0n) is 9.44. The third kappa shape index (κ3) is 2.20. The van der Waals surface area contributed by atoms with Crippen molar-refractivity contribution >= 4 is 0 Å². The van der Waals surface area contributed by atoms with E-state index in [1.165, 1.54) is 18.4 Å². The van der Waals surface area contributed by atoms with Gasteiger partial charge in [0.25, 0.3) is 0 Å². The molecular formula is C13H18FN. The van der Waals surface area contributed by atoms with E-state index in [0.717, 1.165) is 24.1 Å². The third-order valence-electron chi connectivity index (χ3n) is 3.23. The second-order valence-electron chi connectivity index (χ2n) is 4.46. The minimum absolute atomic E-state index is 0.0806. The first-order valence-electron chi connectivity index (χ1n) is 5.68. The molecule has 0 amide bonds. The number of nitrogens with one attached hydrogen (secondary N) is 1. The maximum atomic E-state index is 13.5. The summed E-state index contributed by atoms with van der Waals surface area (Å²) < 4.78 is 13.5. The molecule has 0 bridgehead atoms. The van der Waals surface area contributed by atoms with E-state index in [-0.39, 0.29) is 5.82 Å². The quantitative estimate of drug-likeness (QED) is 0.745. The summed E-state index contributed by atoms with van der Waals surface area (Å²) in [7, 11) is 0. The van der Waals surface area contributed by atoms with Crippen molar-refractivity contribution < 1.29 is 4.39 Å². The number of halogens is 1. The molecule has 1 aliphatic rings. The van der Waals surface area contributed by atoms with E-state index in [9.17, 15) is 4.39 Å². The molecule has 1 nitrogen and oxygen atoms in total. The van der Waals surface area contributed by atoms with Crippen molar-refractivity contribution in [2.24, 2.45) is 0 Å². The minimum atomic E-state index is -0.0806. The molecule has 0 aliphatic carbocycles. The monoisotopic (exact) mass is 207 g/mol. The molecule has 1 aromatic carbocycles. The largest absolute Gasteiger partial charge is 0.310 e. The lowest BCUT2D eigenvalue weighted by Crippen LogP contribution is -2.27. The van der Waals surface area contributed by atoms with E-state index in [4.69, 9.17) is 0 Å². The smallest absolute Gasteiger partial charge is 0.126 e. The van der Waals surface area contributed by atoms with Gasteiger partial charge in [-0.2, -0.15) is 0 Å². The Labute approximate surface area is 90.7 Å². The summed E-state index contributed by atoms with van der Waals surface area (Å²) in [6.07, 6.45) is 3.61. The van der Waals surface area contributed by atoms with Gasteiger partial charge in [-0.3, -0.25) is 0 Å². The van der Waals surface area contributed by atoms with Gasteiger partial charge in [0, 0.05) is 6.04 Å². The van der Waals surface area contributed by atoms with Crippen LogP contribution in [0.1, 0.15) is 42.0 Å². The van der Waals surface area contributed by atoms with Crippen molar-refractivity contribution in [1.82, 2.24) is 5.32 Å². The summed E-state index contributed by atoms with van der Waals surface area (Å²) in [6.45, 7) is 4.94. The molecule has 2 heteroatoms. The van der Waals surface area contributed by atoms with Crippen LogP contribution in [0.25, 0.3) is 0 Å². The van der Waals surface area contributed by atoms with Crippen molar-refractivity contribution in [3.8, 4) is 0 Å². The van der Waals surface area contributed by atoms with Crippen LogP contribution >= 0.6 is 0 Å². The Bertz CT molecular complexity index is 354. The van der Waals surface area contributed by atoms with Crippen molar-refractivity contribution in [2.75, 3.05) is 6.54 Å². The van der Waals surface area contributed by atoms with Crippen LogP contribution in [0.4, 0.5) is 4.39 Å². The van der Waals surface area contributed by atoms with Crippen LogP contribution in [0.5, 0.6) is 0 Å². The molecule has 82 valence electrons. The summed E-state index contributed by atoms with van der Waals surface area (Å²) in [5, 5.41) is 3.46. The highest BCUT2D eigenvalue weighted by Gasteiger charge is 2.17. The Morgan fingerprint density at radius 2 is 2.00 bits per heavy atom. The van der Waals surface area contributed by atoms with Gasteiger partial charge in [-0.1, -0.05) is 12.5 Å². The predicted octanol–water partition coefficient (Wildman–Crippen LogP) is 3.26. The average Bonchev–Trinajstić information content (AvgIpc) is 2.25. The molecule has 15 heavy (non-hydrogen) atoms. The lowest BCUT2D eigenvalue weighted by Gasteiger charge is -2.25. The number of benzene rings is 1. The van der Waals surface area contributed by atoms with Gasteiger partial charge in [-0.05, 0) is 56.0 Å². The Morgan fingerprint density at radius 1 is 1.20 bits per heavy atom. The number of hydrogen-bond donors (Lipinski definition) is 1. The maximum Gasteiger partial charge on any atom is 0.126 e. The topological polar surface area (TPSA) is 12.0 Å². The summed E-state index contributed by atoms with van der Waals surface area (Å²) in [5.74, 6) is -0.0806. The first kappa shape index (κ1) is 10.6. The van der Waals surface area contributed by atoms with E-state index in [2.05, 4.69) is 12.2 Å². The minimum Gasteiger partial charge on any atom is -0.310 e. The van der Waals surface area contributed by atoms with Crippen molar-refractivity contribution in [1.29, 1.82) is 0 Å². The molecule has 0 spiro atoms. The molecule has 1 heterocycles. The molecule has 1 saturated heterocycles. The number of aryl methyl sites for hydroxylation is 2. The molecule has 1 aromatic rings. The normalized spacial score (nSPS) is 21.7. The predicted molar refractivity (Wildman–Crippen MR) is 60.5 cm³/mol. The number of rotatable bonds is 1. The molecule has 1 fully saturated rings. The van der Waals surface area contributed by atoms with Gasteiger partial charge in [-0.25, -0.2) is 4.39 Å². The number of piperidine rings is 1. The molecular weight excluding hydrogens is 189 g/mol. The van der Waals surface area contributed by atoms with Crippen LogP contribution in [0, 0.1) is 19.7 Å². The van der Waals surface area contributed by atoms with E-state index in [1.54, 1.807) is 6.07 Å². The molecule has 0 saturated carbocycles. The van der Waals surface area contributed by atoms with Crippen LogP contribution in [-0.2, 0) is 0 Å². The molecule has 2 rings (SSSR count). The second-order valence-corrected chi connectivity index (χ2v) is 4.46. The molecule has 0 aromatic heterocycles. The number of hydrogen-bond acceptors (Lipinski definition) is 1. The van der Waals surface area contributed by atoms with Gasteiger partial charge in [-0.15, -0.1) is 0 Å². The van der Waals surface area contributed by atoms with Gasteiger partial charge < -0.3 is 5.32 Å². The van der Waals surface area contributed by atoms with Crippen molar-refractivity contribution in [3.63, 3.8) is 0 Å².